The van der Waals surface area contributed by atoms with Crippen LogP contribution >= 0.6 is 0 Å². The minimum atomic E-state index is 0.163. The van der Waals surface area contributed by atoms with Crippen LogP contribution in [0.3, 0.4) is 0 Å². The maximum atomic E-state index is 12.5. The molecule has 1 aliphatic carbocycles. The molecule has 3 rings (SSSR count). The van der Waals surface area contributed by atoms with Crippen LogP contribution in [-0.2, 0) is 4.79 Å². The van der Waals surface area contributed by atoms with Gasteiger partial charge in [-0.15, -0.1) is 0 Å². The molecule has 0 radical (unpaired) electrons. The standard InChI is InChI=1S/C21H28O3/c1-3-16(12-17(22)11-15-6-4-5-7-15)18-13-21-19(10-14(18)2)20(23)8-9-24-21/h10,13,15-16H,3-9,11-12H2,1-2H3. The fraction of sp³-hybridized carbons (Fsp3) is 0.619. The Labute approximate surface area is 144 Å². The monoisotopic (exact) mass is 328 g/mol. The normalized spacial score (nSPS) is 19.0. The number of fused-ring (bicyclic) bond motifs is 1. The average molecular weight is 328 g/mol. The molecule has 0 saturated heterocycles. The lowest BCUT2D eigenvalue weighted by molar-refractivity contribution is -0.120. The van der Waals surface area contributed by atoms with Crippen molar-refractivity contribution in [2.75, 3.05) is 6.61 Å². The number of carbonyl (C=O) groups is 2. The number of carbonyl (C=O) groups excluding carboxylic acids is 2. The van der Waals surface area contributed by atoms with Crippen LogP contribution in [-0.4, -0.2) is 18.2 Å². The van der Waals surface area contributed by atoms with Gasteiger partial charge in [0.2, 0.25) is 0 Å². The fourth-order valence-electron chi connectivity index (χ4n) is 4.24. The molecule has 1 fully saturated rings. The van der Waals surface area contributed by atoms with Crippen LogP contribution in [0.15, 0.2) is 12.1 Å². The molecule has 0 amide bonds. The summed E-state index contributed by atoms with van der Waals surface area (Å²) in [5.41, 5.74) is 2.98. The molecule has 1 aromatic carbocycles. The Morgan fingerprint density at radius 2 is 2.04 bits per heavy atom. The van der Waals surface area contributed by atoms with Crippen LogP contribution in [0.2, 0.25) is 0 Å². The third-order valence-electron chi connectivity index (χ3n) is 5.65. The summed E-state index contributed by atoms with van der Waals surface area (Å²) < 4.78 is 5.69. The predicted molar refractivity (Wildman–Crippen MR) is 94.9 cm³/mol. The van der Waals surface area contributed by atoms with Gasteiger partial charge in [0, 0.05) is 19.3 Å². The van der Waals surface area contributed by atoms with E-state index in [4.69, 9.17) is 4.74 Å². The van der Waals surface area contributed by atoms with Crippen LogP contribution in [0.4, 0.5) is 0 Å². The van der Waals surface area contributed by atoms with Crippen molar-refractivity contribution in [3.8, 4) is 5.75 Å². The van der Waals surface area contributed by atoms with E-state index in [0.29, 0.717) is 42.5 Å². The molecule has 3 heteroatoms. The van der Waals surface area contributed by atoms with E-state index in [1.54, 1.807) is 0 Å². The first-order chi connectivity index (χ1) is 11.6. The molecule has 1 heterocycles. The molecule has 130 valence electrons. The topological polar surface area (TPSA) is 43.4 Å². The number of hydrogen-bond acceptors (Lipinski definition) is 3. The van der Waals surface area contributed by atoms with Gasteiger partial charge in [0.05, 0.1) is 12.2 Å². The van der Waals surface area contributed by atoms with E-state index >= 15 is 0 Å². The average Bonchev–Trinajstić information content (AvgIpc) is 3.06. The Kier molecular flexibility index (Phi) is 5.37. The summed E-state index contributed by atoms with van der Waals surface area (Å²) in [5, 5.41) is 0. The summed E-state index contributed by atoms with van der Waals surface area (Å²) >= 11 is 0. The number of benzene rings is 1. The van der Waals surface area contributed by atoms with Gasteiger partial charge in [-0.1, -0.05) is 32.6 Å². The SMILES string of the molecule is CCC(CC(=O)CC1CCCC1)c1cc2c(cc1C)C(=O)CCO2. The largest absolute Gasteiger partial charge is 0.492 e. The lowest BCUT2D eigenvalue weighted by atomic mass is 9.85. The Bertz CT molecular complexity index is 626. The molecule has 0 N–H and O–H groups in total. The van der Waals surface area contributed by atoms with Gasteiger partial charge in [0.25, 0.3) is 0 Å². The van der Waals surface area contributed by atoms with E-state index in [1.165, 1.54) is 31.2 Å². The third-order valence-corrected chi connectivity index (χ3v) is 5.65. The van der Waals surface area contributed by atoms with Crippen molar-refractivity contribution in [3.05, 3.63) is 28.8 Å². The van der Waals surface area contributed by atoms with Crippen LogP contribution < -0.4 is 4.74 Å². The highest BCUT2D eigenvalue weighted by molar-refractivity contribution is 6.00. The van der Waals surface area contributed by atoms with E-state index in [2.05, 4.69) is 6.92 Å². The Balaban J connectivity index is 1.75. The Hall–Kier alpha value is -1.64. The Morgan fingerprint density at radius 3 is 2.75 bits per heavy atom. The molecule has 24 heavy (non-hydrogen) atoms. The second-order valence-electron chi connectivity index (χ2n) is 7.43. The number of ether oxygens (including phenoxy) is 1. The van der Waals surface area contributed by atoms with Gasteiger partial charge < -0.3 is 4.74 Å². The molecule has 1 saturated carbocycles. The first kappa shape index (κ1) is 17.2. The smallest absolute Gasteiger partial charge is 0.170 e. The van der Waals surface area contributed by atoms with Crippen molar-refractivity contribution in [1.29, 1.82) is 0 Å². The van der Waals surface area contributed by atoms with Crippen LogP contribution in [0.1, 0.15) is 85.7 Å². The highest BCUT2D eigenvalue weighted by atomic mass is 16.5. The van der Waals surface area contributed by atoms with Crippen molar-refractivity contribution in [3.63, 3.8) is 0 Å². The highest BCUT2D eigenvalue weighted by Gasteiger charge is 2.25. The van der Waals surface area contributed by atoms with Crippen molar-refractivity contribution in [2.45, 2.75) is 71.1 Å². The van der Waals surface area contributed by atoms with Crippen LogP contribution in [0.5, 0.6) is 5.75 Å². The quantitative estimate of drug-likeness (QED) is 0.738. The first-order valence-corrected chi connectivity index (χ1v) is 9.40. The molecule has 0 bridgehead atoms. The van der Waals surface area contributed by atoms with Gasteiger partial charge in [0.15, 0.2) is 5.78 Å². The van der Waals surface area contributed by atoms with E-state index < -0.39 is 0 Å². The molecule has 0 aromatic heterocycles. The molecule has 1 atom stereocenters. The fourth-order valence-corrected chi connectivity index (χ4v) is 4.24. The molecule has 1 aromatic rings. The van der Waals surface area contributed by atoms with Crippen molar-refractivity contribution >= 4 is 11.6 Å². The van der Waals surface area contributed by atoms with Crippen molar-refractivity contribution in [2.24, 2.45) is 5.92 Å². The molecule has 0 spiro atoms. The summed E-state index contributed by atoms with van der Waals surface area (Å²) in [7, 11) is 0. The summed E-state index contributed by atoms with van der Waals surface area (Å²) in [5.74, 6) is 2.10. The maximum Gasteiger partial charge on any atom is 0.170 e. The zero-order chi connectivity index (χ0) is 17.1. The van der Waals surface area contributed by atoms with Gasteiger partial charge in [0.1, 0.15) is 11.5 Å². The summed E-state index contributed by atoms with van der Waals surface area (Å²) in [4.78, 5) is 24.5. The van der Waals surface area contributed by atoms with Crippen molar-refractivity contribution < 1.29 is 14.3 Å². The van der Waals surface area contributed by atoms with Gasteiger partial charge >= 0.3 is 0 Å². The zero-order valence-electron chi connectivity index (χ0n) is 14.9. The number of aryl methyl sites for hydroxylation is 1. The van der Waals surface area contributed by atoms with Crippen LogP contribution in [0.25, 0.3) is 0 Å². The zero-order valence-corrected chi connectivity index (χ0v) is 14.9. The lowest BCUT2D eigenvalue weighted by Crippen LogP contribution is -2.17. The molecule has 2 aliphatic rings. The number of Topliss-reactive ketones (excluding diaryl/α,β-unsaturated/α-hetero) is 2. The molecular weight excluding hydrogens is 300 g/mol. The highest BCUT2D eigenvalue weighted by Crippen LogP contribution is 2.35. The second-order valence-corrected chi connectivity index (χ2v) is 7.43. The number of rotatable bonds is 6. The second kappa shape index (κ2) is 7.50. The molecular formula is C21H28O3. The van der Waals surface area contributed by atoms with E-state index in [0.717, 1.165) is 18.4 Å². The van der Waals surface area contributed by atoms with E-state index in [9.17, 15) is 9.59 Å². The summed E-state index contributed by atoms with van der Waals surface area (Å²) in [6.45, 7) is 4.64. The maximum absolute atomic E-state index is 12.5. The molecule has 3 nitrogen and oxygen atoms in total. The van der Waals surface area contributed by atoms with Gasteiger partial charge in [-0.25, -0.2) is 0 Å². The minimum absolute atomic E-state index is 0.163. The van der Waals surface area contributed by atoms with Gasteiger partial charge in [-0.2, -0.15) is 0 Å². The summed E-state index contributed by atoms with van der Waals surface area (Å²) in [6.07, 6.45) is 7.75. The molecule has 1 aliphatic heterocycles. The predicted octanol–water partition coefficient (Wildman–Crippen LogP) is 4.99. The molecule has 1 unspecified atom stereocenters. The first-order valence-electron chi connectivity index (χ1n) is 9.40. The van der Waals surface area contributed by atoms with Crippen LogP contribution in [0, 0.1) is 12.8 Å². The van der Waals surface area contributed by atoms with E-state index in [-0.39, 0.29) is 11.7 Å². The Morgan fingerprint density at radius 1 is 1.29 bits per heavy atom. The van der Waals surface area contributed by atoms with Gasteiger partial charge in [-0.3, -0.25) is 9.59 Å². The van der Waals surface area contributed by atoms with Gasteiger partial charge in [-0.05, 0) is 48.4 Å². The number of hydrogen-bond donors (Lipinski definition) is 0. The number of ketones is 2. The van der Waals surface area contributed by atoms with Crippen molar-refractivity contribution in [1.82, 2.24) is 0 Å². The third kappa shape index (κ3) is 3.71. The summed E-state index contributed by atoms with van der Waals surface area (Å²) in [6, 6.07) is 3.97. The minimum Gasteiger partial charge on any atom is -0.492 e. The lowest BCUT2D eigenvalue weighted by Gasteiger charge is -2.23. The van der Waals surface area contributed by atoms with E-state index in [1.807, 2.05) is 19.1 Å².